The second-order valence-corrected chi connectivity index (χ2v) is 6.58. The third-order valence-electron chi connectivity index (χ3n) is 3.03. The van der Waals surface area contributed by atoms with E-state index < -0.39 is 10.0 Å². The predicted molar refractivity (Wildman–Crippen MR) is 73.7 cm³/mol. The van der Waals surface area contributed by atoms with Gasteiger partial charge >= 0.3 is 0 Å². The van der Waals surface area contributed by atoms with E-state index in [1.807, 2.05) is 12.1 Å². The zero-order chi connectivity index (χ0) is 14.2. The molecular weight excluding hydrogens is 264 g/mol. The van der Waals surface area contributed by atoms with Gasteiger partial charge in [0.05, 0.1) is 18.1 Å². The zero-order valence-corrected chi connectivity index (χ0v) is 11.9. The summed E-state index contributed by atoms with van der Waals surface area (Å²) in [5.41, 5.74) is 3.05. The first-order valence-corrected chi connectivity index (χ1v) is 7.54. The highest BCUT2D eigenvalue weighted by Crippen LogP contribution is 2.28. The Morgan fingerprint density at radius 1 is 1.21 bits per heavy atom. The van der Waals surface area contributed by atoms with Crippen molar-refractivity contribution >= 4 is 10.0 Å². The number of hydrogen-bond acceptors (Lipinski definition) is 4. The fraction of sp³-hybridized carbons (Fsp3) is 0.308. The maximum atomic E-state index is 11.7. The molecule has 1 N–H and O–H groups in total. The molecule has 0 radical (unpaired) electrons. The van der Waals surface area contributed by atoms with Gasteiger partial charge in [-0.2, -0.15) is 9.19 Å². The Kier molecular flexibility index (Phi) is 3.36. The molecule has 5 nitrogen and oxygen atoms in total. The Hall–Kier alpha value is -1.82. The van der Waals surface area contributed by atoms with Gasteiger partial charge in [0.1, 0.15) is 5.75 Å². The van der Waals surface area contributed by atoms with Gasteiger partial charge in [-0.05, 0) is 49.6 Å². The van der Waals surface area contributed by atoms with Crippen LogP contribution in [0.25, 0.3) is 11.1 Å². The number of hydrogen-bond donors (Lipinski definition) is 1. The maximum absolute atomic E-state index is 11.7. The van der Waals surface area contributed by atoms with Crippen LogP contribution < -0.4 is 0 Å². The number of aryl methyl sites for hydroxylation is 2. The molecular formula is C13H16N2O3S. The number of nitrogens with zero attached hydrogens (tertiary/aromatic N) is 2. The van der Waals surface area contributed by atoms with Crippen LogP contribution in [0.1, 0.15) is 18.1 Å². The fourth-order valence-corrected chi connectivity index (χ4v) is 2.59. The minimum Gasteiger partial charge on any atom is -0.507 e. The second kappa shape index (κ2) is 4.70. The molecule has 102 valence electrons. The van der Waals surface area contributed by atoms with Crippen LogP contribution in [-0.2, 0) is 10.0 Å². The third kappa shape index (κ3) is 2.49. The average Bonchev–Trinajstić information content (AvgIpc) is 2.85. The van der Waals surface area contributed by atoms with Gasteiger partial charge in [-0.3, -0.25) is 0 Å². The first-order valence-electron chi connectivity index (χ1n) is 5.93. The number of phenols is 1. The standard InChI is InChI=1S/C13H16N2O3S/c1-4-19(17,18)15-8-12(7-14-15)11-5-9(2)13(16)10(3)6-11/h5-8,16H,4H2,1-3H3. The maximum Gasteiger partial charge on any atom is 0.253 e. The smallest absolute Gasteiger partial charge is 0.253 e. The summed E-state index contributed by atoms with van der Waals surface area (Å²) in [5, 5.41) is 13.6. The molecule has 1 aromatic heterocycles. The molecule has 0 spiro atoms. The van der Waals surface area contributed by atoms with E-state index in [9.17, 15) is 13.5 Å². The summed E-state index contributed by atoms with van der Waals surface area (Å²) in [6.45, 7) is 5.18. The highest BCUT2D eigenvalue weighted by Gasteiger charge is 2.13. The van der Waals surface area contributed by atoms with Crippen LogP contribution in [0.15, 0.2) is 24.5 Å². The first kappa shape index (κ1) is 13.6. The monoisotopic (exact) mass is 280 g/mol. The fourth-order valence-electron chi connectivity index (χ4n) is 1.86. The Morgan fingerprint density at radius 2 is 1.79 bits per heavy atom. The summed E-state index contributed by atoms with van der Waals surface area (Å²) in [5.74, 6) is 0.263. The molecule has 6 heteroatoms. The molecule has 2 aromatic rings. The number of aromatic hydroxyl groups is 1. The van der Waals surface area contributed by atoms with E-state index in [4.69, 9.17) is 0 Å². The van der Waals surface area contributed by atoms with Crippen molar-refractivity contribution in [3.05, 3.63) is 35.7 Å². The van der Waals surface area contributed by atoms with Crippen molar-refractivity contribution in [2.45, 2.75) is 20.8 Å². The third-order valence-corrected chi connectivity index (χ3v) is 4.53. The van der Waals surface area contributed by atoms with Gasteiger partial charge in [0.25, 0.3) is 10.0 Å². The van der Waals surface area contributed by atoms with Crippen molar-refractivity contribution < 1.29 is 13.5 Å². The van der Waals surface area contributed by atoms with Gasteiger partial charge in [0.15, 0.2) is 0 Å². The van der Waals surface area contributed by atoms with E-state index in [0.29, 0.717) is 5.56 Å². The van der Waals surface area contributed by atoms with Gasteiger partial charge < -0.3 is 5.11 Å². The summed E-state index contributed by atoms with van der Waals surface area (Å²) in [4.78, 5) is 0. The molecule has 0 unspecified atom stereocenters. The van der Waals surface area contributed by atoms with Crippen LogP contribution in [0, 0.1) is 13.8 Å². The van der Waals surface area contributed by atoms with Crippen LogP contribution in [0.2, 0.25) is 0 Å². The minimum absolute atomic E-state index is 0.00174. The molecule has 0 saturated carbocycles. The van der Waals surface area contributed by atoms with Gasteiger partial charge in [-0.15, -0.1) is 0 Å². The first-order chi connectivity index (χ1) is 8.85. The highest BCUT2D eigenvalue weighted by molar-refractivity contribution is 7.89. The van der Waals surface area contributed by atoms with Gasteiger partial charge in [-0.25, -0.2) is 8.42 Å². The molecule has 0 bridgehead atoms. The summed E-state index contributed by atoms with van der Waals surface area (Å²) in [6, 6.07) is 3.62. The minimum atomic E-state index is -3.36. The Balaban J connectivity index is 2.50. The molecule has 2 rings (SSSR count). The number of phenolic OH excluding ortho intramolecular Hbond substituents is 1. The Bertz CT molecular complexity index is 694. The SMILES string of the molecule is CCS(=O)(=O)n1cc(-c2cc(C)c(O)c(C)c2)cn1. The van der Waals surface area contributed by atoms with Gasteiger partial charge in [-0.1, -0.05) is 0 Å². The van der Waals surface area contributed by atoms with E-state index in [-0.39, 0.29) is 11.5 Å². The molecule has 0 fully saturated rings. The zero-order valence-electron chi connectivity index (χ0n) is 11.1. The van der Waals surface area contributed by atoms with Crippen molar-refractivity contribution in [2.24, 2.45) is 0 Å². The van der Waals surface area contributed by atoms with E-state index in [1.54, 1.807) is 20.8 Å². The van der Waals surface area contributed by atoms with Crippen LogP contribution >= 0.6 is 0 Å². The van der Waals surface area contributed by atoms with Crippen molar-refractivity contribution in [1.82, 2.24) is 9.19 Å². The summed E-state index contributed by atoms with van der Waals surface area (Å²) >= 11 is 0. The van der Waals surface area contributed by atoms with Crippen molar-refractivity contribution in [2.75, 3.05) is 5.75 Å². The van der Waals surface area contributed by atoms with E-state index >= 15 is 0 Å². The van der Waals surface area contributed by atoms with Crippen molar-refractivity contribution in [1.29, 1.82) is 0 Å². The Morgan fingerprint density at radius 3 is 2.32 bits per heavy atom. The molecule has 1 heterocycles. The van der Waals surface area contributed by atoms with E-state index in [2.05, 4.69) is 5.10 Å². The van der Waals surface area contributed by atoms with Gasteiger partial charge in [0.2, 0.25) is 0 Å². The highest BCUT2D eigenvalue weighted by atomic mass is 32.2. The molecule has 0 aliphatic rings. The van der Waals surface area contributed by atoms with Crippen molar-refractivity contribution in [3.8, 4) is 16.9 Å². The molecule has 0 saturated heterocycles. The molecule has 19 heavy (non-hydrogen) atoms. The number of rotatable bonds is 3. The molecule has 0 aliphatic carbocycles. The normalized spacial score (nSPS) is 11.7. The molecule has 0 atom stereocenters. The van der Waals surface area contributed by atoms with E-state index in [0.717, 1.165) is 20.8 Å². The molecule has 1 aromatic carbocycles. The molecule has 0 amide bonds. The predicted octanol–water partition coefficient (Wildman–Crippen LogP) is 2.07. The average molecular weight is 280 g/mol. The lowest BCUT2D eigenvalue weighted by molar-refractivity contribution is 0.467. The number of aromatic nitrogens is 2. The molecule has 0 aliphatic heterocycles. The quantitative estimate of drug-likeness (QED) is 0.934. The lowest BCUT2D eigenvalue weighted by Crippen LogP contribution is -2.14. The second-order valence-electron chi connectivity index (χ2n) is 4.46. The lowest BCUT2D eigenvalue weighted by Gasteiger charge is -2.06. The number of benzene rings is 1. The lowest BCUT2D eigenvalue weighted by atomic mass is 10.0. The van der Waals surface area contributed by atoms with Crippen LogP contribution in [0.5, 0.6) is 5.75 Å². The Labute approximate surface area is 112 Å². The van der Waals surface area contributed by atoms with Crippen LogP contribution in [0.3, 0.4) is 0 Å². The van der Waals surface area contributed by atoms with E-state index in [1.165, 1.54) is 12.4 Å². The van der Waals surface area contributed by atoms with Crippen LogP contribution in [0.4, 0.5) is 0 Å². The van der Waals surface area contributed by atoms with Crippen LogP contribution in [-0.4, -0.2) is 28.5 Å². The summed E-state index contributed by atoms with van der Waals surface area (Å²) in [7, 11) is -3.36. The summed E-state index contributed by atoms with van der Waals surface area (Å²) in [6.07, 6.45) is 3.00. The largest absolute Gasteiger partial charge is 0.507 e. The van der Waals surface area contributed by atoms with Gasteiger partial charge in [0, 0.05) is 5.56 Å². The van der Waals surface area contributed by atoms with Crippen molar-refractivity contribution in [3.63, 3.8) is 0 Å². The summed E-state index contributed by atoms with van der Waals surface area (Å²) < 4.78 is 24.4. The topological polar surface area (TPSA) is 72.2 Å².